The first-order chi connectivity index (χ1) is 12.3. The van der Waals surface area contributed by atoms with E-state index in [1.807, 2.05) is 0 Å². The van der Waals surface area contributed by atoms with Crippen LogP contribution < -0.4 is 5.32 Å². The van der Waals surface area contributed by atoms with Crippen LogP contribution in [-0.2, 0) is 10.0 Å². The summed E-state index contributed by atoms with van der Waals surface area (Å²) in [6.45, 7) is 0.913. The molecule has 1 aliphatic heterocycles. The summed E-state index contributed by atoms with van der Waals surface area (Å²) in [5.74, 6) is -0.474. The molecule has 0 unspecified atom stereocenters. The molecule has 0 aromatic heterocycles. The molecule has 138 valence electrons. The van der Waals surface area contributed by atoms with Crippen molar-refractivity contribution in [1.82, 2.24) is 4.31 Å². The molecule has 1 amide bonds. The average molecular weight is 434 g/mol. The van der Waals surface area contributed by atoms with E-state index in [9.17, 15) is 13.2 Å². The third kappa shape index (κ3) is 4.00. The number of nitrogens with zero attached hydrogens (tertiary/aromatic N) is 1. The number of nitrogens with one attached hydrogen (secondary N) is 1. The van der Waals surface area contributed by atoms with Gasteiger partial charge in [0.15, 0.2) is 0 Å². The summed E-state index contributed by atoms with van der Waals surface area (Å²) in [7, 11) is -3.73. The molecule has 0 saturated carbocycles. The summed E-state index contributed by atoms with van der Waals surface area (Å²) in [4.78, 5) is 12.4. The number of anilines is 1. The molecule has 0 aliphatic carbocycles. The van der Waals surface area contributed by atoms with Gasteiger partial charge in [-0.25, -0.2) is 8.42 Å². The van der Waals surface area contributed by atoms with E-state index in [0.29, 0.717) is 28.8 Å². The first-order valence-corrected chi connectivity index (χ1v) is 10.4. The van der Waals surface area contributed by atoms with Crippen molar-refractivity contribution in [2.75, 3.05) is 18.4 Å². The Morgan fingerprint density at radius 1 is 0.923 bits per heavy atom. The van der Waals surface area contributed by atoms with Crippen LogP contribution in [0.2, 0.25) is 15.1 Å². The van der Waals surface area contributed by atoms with Gasteiger partial charge in [0.25, 0.3) is 5.91 Å². The summed E-state index contributed by atoms with van der Waals surface area (Å²) < 4.78 is 26.9. The van der Waals surface area contributed by atoms with Crippen molar-refractivity contribution in [2.24, 2.45) is 0 Å². The Morgan fingerprint density at radius 2 is 1.58 bits per heavy atom. The Bertz CT molecular complexity index is 958. The molecule has 2 aromatic rings. The highest BCUT2D eigenvalue weighted by molar-refractivity contribution is 7.89. The standard InChI is InChI=1S/C17H15Cl3N2O3S/c18-13-6-4-12(10-15(13)20)21-17(23)11-3-5-14(19)16(9-11)26(24,25)22-7-1-2-8-22/h3-6,9-10H,1-2,7-8H2,(H,21,23). The molecule has 1 fully saturated rings. The molecule has 3 rings (SSSR count). The molecular formula is C17H15Cl3N2O3S. The third-order valence-corrected chi connectivity index (χ3v) is 7.17. The second-order valence-electron chi connectivity index (χ2n) is 5.84. The lowest BCUT2D eigenvalue weighted by Crippen LogP contribution is -2.28. The molecule has 5 nitrogen and oxygen atoms in total. The van der Waals surface area contributed by atoms with Gasteiger partial charge in [-0.3, -0.25) is 4.79 Å². The number of carbonyl (C=O) groups is 1. The van der Waals surface area contributed by atoms with Gasteiger partial charge >= 0.3 is 0 Å². The predicted octanol–water partition coefficient (Wildman–Crippen LogP) is 4.68. The van der Waals surface area contributed by atoms with Crippen LogP contribution in [0.15, 0.2) is 41.3 Å². The lowest BCUT2D eigenvalue weighted by molar-refractivity contribution is 0.102. The smallest absolute Gasteiger partial charge is 0.255 e. The third-order valence-electron chi connectivity index (χ3n) is 4.05. The zero-order chi connectivity index (χ0) is 18.9. The number of benzene rings is 2. The fraction of sp³-hybridized carbons (Fsp3) is 0.235. The molecule has 2 aromatic carbocycles. The van der Waals surface area contributed by atoms with E-state index >= 15 is 0 Å². The maximum Gasteiger partial charge on any atom is 0.255 e. The van der Waals surface area contributed by atoms with Crippen LogP contribution >= 0.6 is 34.8 Å². The molecule has 0 radical (unpaired) electrons. The van der Waals surface area contributed by atoms with Gasteiger partial charge in [-0.15, -0.1) is 0 Å². The van der Waals surface area contributed by atoms with Crippen molar-refractivity contribution < 1.29 is 13.2 Å². The Labute approximate surface area is 166 Å². The van der Waals surface area contributed by atoms with Crippen molar-refractivity contribution in [1.29, 1.82) is 0 Å². The summed E-state index contributed by atoms with van der Waals surface area (Å²) in [6, 6.07) is 8.85. The fourth-order valence-corrected chi connectivity index (χ4v) is 5.00. The van der Waals surface area contributed by atoms with E-state index in [1.54, 1.807) is 12.1 Å². The van der Waals surface area contributed by atoms with Gasteiger partial charge in [-0.1, -0.05) is 34.8 Å². The highest BCUT2D eigenvalue weighted by Crippen LogP contribution is 2.29. The van der Waals surface area contributed by atoms with Gasteiger partial charge in [0.1, 0.15) is 4.90 Å². The van der Waals surface area contributed by atoms with Crippen LogP contribution in [-0.4, -0.2) is 31.7 Å². The van der Waals surface area contributed by atoms with E-state index in [2.05, 4.69) is 5.32 Å². The fourth-order valence-electron chi connectivity index (χ4n) is 2.69. The number of hydrogen-bond acceptors (Lipinski definition) is 3. The number of hydrogen-bond donors (Lipinski definition) is 1. The highest BCUT2D eigenvalue weighted by Gasteiger charge is 2.29. The maximum absolute atomic E-state index is 12.7. The van der Waals surface area contributed by atoms with Gasteiger partial charge in [0.2, 0.25) is 10.0 Å². The molecule has 0 atom stereocenters. The van der Waals surface area contributed by atoms with Crippen LogP contribution in [0, 0.1) is 0 Å². The van der Waals surface area contributed by atoms with E-state index in [4.69, 9.17) is 34.8 Å². The summed E-state index contributed by atoms with van der Waals surface area (Å²) in [5.41, 5.74) is 0.626. The van der Waals surface area contributed by atoms with E-state index in [1.165, 1.54) is 28.6 Å². The van der Waals surface area contributed by atoms with Crippen LogP contribution in [0.5, 0.6) is 0 Å². The summed E-state index contributed by atoms with van der Waals surface area (Å²) in [6.07, 6.45) is 1.63. The highest BCUT2D eigenvalue weighted by atomic mass is 35.5. The SMILES string of the molecule is O=C(Nc1ccc(Cl)c(Cl)c1)c1ccc(Cl)c(S(=O)(=O)N2CCCC2)c1. The number of carbonyl (C=O) groups excluding carboxylic acids is 1. The maximum atomic E-state index is 12.7. The quantitative estimate of drug-likeness (QED) is 0.761. The van der Waals surface area contributed by atoms with Gasteiger partial charge in [-0.2, -0.15) is 4.31 Å². The number of halogens is 3. The molecule has 1 heterocycles. The summed E-state index contributed by atoms with van der Waals surface area (Å²) >= 11 is 17.9. The molecule has 1 saturated heterocycles. The molecule has 0 spiro atoms. The van der Waals surface area contributed by atoms with E-state index in [-0.39, 0.29) is 15.5 Å². The normalized spacial score (nSPS) is 15.2. The number of rotatable bonds is 4. The Kier molecular flexibility index (Phi) is 5.79. The van der Waals surface area contributed by atoms with Crippen molar-refractivity contribution in [3.63, 3.8) is 0 Å². The lowest BCUT2D eigenvalue weighted by atomic mass is 10.2. The minimum atomic E-state index is -3.73. The van der Waals surface area contributed by atoms with Crippen LogP contribution in [0.3, 0.4) is 0 Å². The monoisotopic (exact) mass is 432 g/mol. The molecule has 1 N–H and O–H groups in total. The summed E-state index contributed by atoms with van der Waals surface area (Å²) in [5, 5.41) is 3.42. The average Bonchev–Trinajstić information content (AvgIpc) is 3.14. The van der Waals surface area contributed by atoms with Crippen molar-refractivity contribution in [3.8, 4) is 0 Å². The minimum absolute atomic E-state index is 0.0668. The Hall–Kier alpha value is -1.31. The lowest BCUT2D eigenvalue weighted by Gasteiger charge is -2.17. The Morgan fingerprint density at radius 3 is 2.23 bits per heavy atom. The minimum Gasteiger partial charge on any atom is -0.322 e. The van der Waals surface area contributed by atoms with Gasteiger partial charge < -0.3 is 5.32 Å². The van der Waals surface area contributed by atoms with E-state index < -0.39 is 15.9 Å². The second-order valence-corrected chi connectivity index (χ2v) is 8.97. The molecule has 9 heteroatoms. The zero-order valence-electron chi connectivity index (χ0n) is 13.5. The second kappa shape index (κ2) is 7.74. The zero-order valence-corrected chi connectivity index (χ0v) is 16.6. The van der Waals surface area contributed by atoms with Crippen molar-refractivity contribution in [3.05, 3.63) is 57.0 Å². The van der Waals surface area contributed by atoms with Gasteiger partial charge in [0.05, 0.1) is 15.1 Å². The van der Waals surface area contributed by atoms with Crippen molar-refractivity contribution >= 4 is 56.4 Å². The van der Waals surface area contributed by atoms with Crippen LogP contribution in [0.25, 0.3) is 0 Å². The molecule has 1 aliphatic rings. The van der Waals surface area contributed by atoms with Crippen LogP contribution in [0.4, 0.5) is 5.69 Å². The first-order valence-electron chi connectivity index (χ1n) is 7.85. The number of sulfonamides is 1. The van der Waals surface area contributed by atoms with E-state index in [0.717, 1.165) is 12.8 Å². The topological polar surface area (TPSA) is 66.5 Å². The largest absolute Gasteiger partial charge is 0.322 e. The Balaban J connectivity index is 1.89. The van der Waals surface area contributed by atoms with Crippen molar-refractivity contribution in [2.45, 2.75) is 17.7 Å². The molecule has 0 bridgehead atoms. The predicted molar refractivity (Wildman–Crippen MR) is 104 cm³/mol. The first kappa shape index (κ1) is 19.5. The van der Waals surface area contributed by atoms with Gasteiger partial charge in [-0.05, 0) is 49.2 Å². The van der Waals surface area contributed by atoms with Gasteiger partial charge in [0, 0.05) is 24.3 Å². The molecule has 26 heavy (non-hydrogen) atoms. The number of amides is 1. The van der Waals surface area contributed by atoms with Crippen LogP contribution in [0.1, 0.15) is 23.2 Å². The molecular weight excluding hydrogens is 419 g/mol.